The Morgan fingerprint density at radius 2 is 1.88 bits per heavy atom. The van der Waals surface area contributed by atoms with E-state index in [9.17, 15) is 23.1 Å². The molecule has 1 aromatic rings. The Morgan fingerprint density at radius 3 is 2.38 bits per heavy atom. The number of carbonyl (C=O) groups excluding carboxylic acids is 1. The SMILES string of the molecule is CCCCCC(=O)N([C@@H](COC)[C@@H](O)c1ccccc1)C(F)(F)F. The number of carbonyl (C=O) groups is 1. The molecule has 0 radical (unpaired) electrons. The molecule has 0 bridgehead atoms. The van der Waals surface area contributed by atoms with Crippen LogP contribution >= 0.6 is 0 Å². The van der Waals surface area contributed by atoms with E-state index in [1.807, 2.05) is 6.92 Å². The number of unbranched alkanes of at least 4 members (excludes halogenated alkanes) is 2. The number of hydrogen-bond acceptors (Lipinski definition) is 3. The van der Waals surface area contributed by atoms with Gasteiger partial charge >= 0.3 is 6.30 Å². The largest absolute Gasteiger partial charge is 0.487 e. The predicted octanol–water partition coefficient (Wildman–Crippen LogP) is 3.66. The quantitative estimate of drug-likeness (QED) is 0.548. The fraction of sp³-hybridized carbons (Fsp3) is 0.588. The third kappa shape index (κ3) is 5.79. The van der Waals surface area contributed by atoms with Crippen molar-refractivity contribution in [1.29, 1.82) is 0 Å². The van der Waals surface area contributed by atoms with E-state index in [0.29, 0.717) is 18.4 Å². The van der Waals surface area contributed by atoms with Gasteiger partial charge < -0.3 is 9.84 Å². The molecule has 0 aromatic heterocycles. The van der Waals surface area contributed by atoms with Crippen LogP contribution in [-0.2, 0) is 9.53 Å². The van der Waals surface area contributed by atoms with Crippen molar-refractivity contribution < 1.29 is 27.8 Å². The van der Waals surface area contributed by atoms with Crippen molar-refractivity contribution in [3.63, 3.8) is 0 Å². The summed E-state index contributed by atoms with van der Waals surface area (Å²) in [5.41, 5.74) is 0.301. The molecule has 1 aromatic carbocycles. The van der Waals surface area contributed by atoms with E-state index in [1.165, 1.54) is 19.2 Å². The van der Waals surface area contributed by atoms with Gasteiger partial charge in [0.15, 0.2) is 0 Å². The zero-order valence-corrected chi connectivity index (χ0v) is 13.9. The van der Waals surface area contributed by atoms with Crippen molar-refractivity contribution in [3.05, 3.63) is 35.9 Å². The number of alkyl halides is 3. The summed E-state index contributed by atoms with van der Waals surface area (Å²) in [5.74, 6) is -1.05. The number of benzene rings is 1. The third-order valence-corrected chi connectivity index (χ3v) is 3.71. The minimum atomic E-state index is -4.89. The molecule has 1 rings (SSSR count). The Hall–Kier alpha value is -1.60. The zero-order valence-electron chi connectivity index (χ0n) is 13.9. The van der Waals surface area contributed by atoms with Crippen LogP contribution in [0.5, 0.6) is 0 Å². The summed E-state index contributed by atoms with van der Waals surface area (Å²) >= 11 is 0. The van der Waals surface area contributed by atoms with Crippen LogP contribution in [0.4, 0.5) is 13.2 Å². The van der Waals surface area contributed by atoms with Crippen LogP contribution in [0.1, 0.15) is 44.3 Å². The monoisotopic (exact) mass is 347 g/mol. The minimum Gasteiger partial charge on any atom is -0.386 e. The summed E-state index contributed by atoms with van der Waals surface area (Å²) in [4.78, 5) is 12.0. The van der Waals surface area contributed by atoms with Crippen LogP contribution < -0.4 is 0 Å². The lowest BCUT2D eigenvalue weighted by molar-refractivity contribution is -0.262. The van der Waals surface area contributed by atoms with E-state index in [2.05, 4.69) is 0 Å². The molecule has 0 spiro atoms. The molecule has 136 valence electrons. The molecule has 0 aliphatic heterocycles. The molecule has 2 atom stereocenters. The predicted molar refractivity (Wildman–Crippen MR) is 84.1 cm³/mol. The smallest absolute Gasteiger partial charge is 0.386 e. The van der Waals surface area contributed by atoms with Gasteiger partial charge in [0.05, 0.1) is 12.6 Å². The van der Waals surface area contributed by atoms with Crippen molar-refractivity contribution in [2.75, 3.05) is 13.7 Å². The molecule has 0 heterocycles. The molecular formula is C17H24F3NO3. The summed E-state index contributed by atoms with van der Waals surface area (Å²) < 4.78 is 45.2. The molecule has 7 heteroatoms. The van der Waals surface area contributed by atoms with Crippen LogP contribution in [0.3, 0.4) is 0 Å². The number of amides is 1. The van der Waals surface area contributed by atoms with Gasteiger partial charge in [0, 0.05) is 13.5 Å². The molecule has 0 aliphatic carbocycles. The second-order valence-corrected chi connectivity index (χ2v) is 5.57. The minimum absolute atomic E-state index is 0.191. The molecule has 1 amide bonds. The van der Waals surface area contributed by atoms with Crippen LogP contribution in [0.15, 0.2) is 30.3 Å². The first-order valence-electron chi connectivity index (χ1n) is 7.93. The summed E-state index contributed by atoms with van der Waals surface area (Å²) in [6.07, 6.45) is -4.75. The molecular weight excluding hydrogens is 323 g/mol. The second kappa shape index (κ2) is 9.64. The van der Waals surface area contributed by atoms with E-state index >= 15 is 0 Å². The molecule has 0 aliphatic rings. The van der Waals surface area contributed by atoms with Crippen LogP contribution in [0.25, 0.3) is 0 Å². The molecule has 24 heavy (non-hydrogen) atoms. The average molecular weight is 347 g/mol. The van der Waals surface area contributed by atoms with Gasteiger partial charge in [0.1, 0.15) is 6.10 Å². The van der Waals surface area contributed by atoms with E-state index in [4.69, 9.17) is 4.74 Å². The Labute approximate surface area is 140 Å². The Bertz CT molecular complexity index is 494. The molecule has 0 saturated heterocycles. The Kier molecular flexibility index (Phi) is 8.21. The van der Waals surface area contributed by atoms with Gasteiger partial charge in [-0.1, -0.05) is 50.1 Å². The van der Waals surface area contributed by atoms with Crippen molar-refractivity contribution >= 4 is 5.91 Å². The summed E-state index contributed by atoms with van der Waals surface area (Å²) in [6, 6.07) is 6.42. The summed E-state index contributed by atoms with van der Waals surface area (Å²) in [7, 11) is 1.24. The number of rotatable bonds is 9. The average Bonchev–Trinajstić information content (AvgIpc) is 2.53. The van der Waals surface area contributed by atoms with E-state index in [1.54, 1.807) is 18.2 Å². The number of aliphatic hydroxyl groups excluding tert-OH is 1. The van der Waals surface area contributed by atoms with E-state index in [0.717, 1.165) is 6.42 Å². The van der Waals surface area contributed by atoms with Gasteiger partial charge in [-0.25, -0.2) is 4.90 Å². The maximum Gasteiger partial charge on any atom is 0.487 e. The van der Waals surface area contributed by atoms with Gasteiger partial charge in [0.25, 0.3) is 0 Å². The molecule has 0 saturated carbocycles. The fourth-order valence-electron chi connectivity index (χ4n) is 2.51. The van der Waals surface area contributed by atoms with Crippen molar-refractivity contribution in [2.24, 2.45) is 0 Å². The summed E-state index contributed by atoms with van der Waals surface area (Å²) in [6.45, 7) is 1.48. The molecule has 4 nitrogen and oxygen atoms in total. The standard InChI is InChI=1S/C17H24F3NO3/c1-3-4-6-11-15(22)21(17(18,19)20)14(12-24-2)16(23)13-9-7-5-8-10-13/h5,7-10,14,16,23H,3-4,6,11-12H2,1-2H3/t14-,16-/m0/s1. The van der Waals surface area contributed by atoms with Gasteiger partial charge in [-0.15, -0.1) is 13.2 Å². The first-order chi connectivity index (χ1) is 11.3. The number of aliphatic hydroxyl groups is 1. The first-order valence-corrected chi connectivity index (χ1v) is 7.93. The lowest BCUT2D eigenvalue weighted by Gasteiger charge is -2.35. The highest BCUT2D eigenvalue weighted by atomic mass is 19.4. The van der Waals surface area contributed by atoms with Crippen molar-refractivity contribution in [1.82, 2.24) is 4.90 Å². The highest BCUT2D eigenvalue weighted by Gasteiger charge is 2.47. The third-order valence-electron chi connectivity index (χ3n) is 3.71. The molecule has 0 fully saturated rings. The maximum atomic E-state index is 13.5. The highest BCUT2D eigenvalue weighted by Crippen LogP contribution is 2.31. The number of hydrogen-bond donors (Lipinski definition) is 1. The fourth-order valence-corrected chi connectivity index (χ4v) is 2.51. The lowest BCUT2D eigenvalue weighted by Crippen LogP contribution is -2.53. The normalized spacial score (nSPS) is 14.2. The highest BCUT2D eigenvalue weighted by molar-refractivity contribution is 5.77. The number of ether oxygens (including phenoxy) is 1. The maximum absolute atomic E-state index is 13.5. The van der Waals surface area contributed by atoms with Crippen LogP contribution in [-0.4, -0.2) is 42.0 Å². The molecule has 1 N–H and O–H groups in total. The second-order valence-electron chi connectivity index (χ2n) is 5.57. The number of halogens is 3. The van der Waals surface area contributed by atoms with Gasteiger partial charge in [-0.3, -0.25) is 4.79 Å². The van der Waals surface area contributed by atoms with Crippen LogP contribution in [0.2, 0.25) is 0 Å². The van der Waals surface area contributed by atoms with Gasteiger partial charge in [0.2, 0.25) is 5.91 Å². The number of nitrogens with zero attached hydrogens (tertiary/aromatic N) is 1. The van der Waals surface area contributed by atoms with Gasteiger partial charge in [-0.05, 0) is 12.0 Å². The first kappa shape index (κ1) is 20.4. The van der Waals surface area contributed by atoms with E-state index in [-0.39, 0.29) is 11.3 Å². The lowest BCUT2D eigenvalue weighted by atomic mass is 10.0. The van der Waals surface area contributed by atoms with E-state index < -0.39 is 31.0 Å². The van der Waals surface area contributed by atoms with Crippen molar-refractivity contribution in [3.8, 4) is 0 Å². The Morgan fingerprint density at radius 1 is 1.25 bits per heavy atom. The molecule has 0 unspecified atom stereocenters. The van der Waals surface area contributed by atoms with Gasteiger partial charge in [-0.2, -0.15) is 0 Å². The zero-order chi connectivity index (χ0) is 18.2. The topological polar surface area (TPSA) is 49.8 Å². The number of methoxy groups -OCH3 is 1. The Balaban J connectivity index is 3.06. The van der Waals surface area contributed by atoms with Crippen molar-refractivity contribution in [2.45, 2.75) is 51.1 Å². The van der Waals surface area contributed by atoms with Crippen LogP contribution in [0, 0.1) is 0 Å². The summed E-state index contributed by atoms with van der Waals surface area (Å²) in [5, 5.41) is 10.4.